The van der Waals surface area contributed by atoms with Gasteiger partial charge in [0.25, 0.3) is 5.56 Å². The topological polar surface area (TPSA) is 61.8 Å². The zero-order valence-electron chi connectivity index (χ0n) is 15.3. The van der Waals surface area contributed by atoms with Crippen molar-refractivity contribution in [2.24, 2.45) is 0 Å². The highest BCUT2D eigenvalue weighted by Gasteiger charge is 2.19. The Balaban J connectivity index is 1.96. The minimum absolute atomic E-state index is 0.187. The van der Waals surface area contributed by atoms with Crippen LogP contribution < -0.4 is 11.2 Å². The molecular weight excluding hydrogens is 418 g/mol. The maximum absolute atomic E-state index is 13.4. The second-order valence-corrected chi connectivity index (χ2v) is 7.25. The van der Waals surface area contributed by atoms with Crippen molar-refractivity contribution in [1.82, 2.24) is 18.7 Å². The van der Waals surface area contributed by atoms with Crippen LogP contribution in [0, 0.1) is 5.82 Å². The number of hydrogen-bond acceptors (Lipinski definition) is 3. The Kier molecular flexibility index (Phi) is 5.02. The first-order valence-electron chi connectivity index (χ1n) is 8.81. The van der Waals surface area contributed by atoms with Crippen molar-refractivity contribution in [2.45, 2.75) is 20.0 Å². The van der Waals surface area contributed by atoms with E-state index in [0.29, 0.717) is 22.3 Å². The van der Waals surface area contributed by atoms with Crippen molar-refractivity contribution in [2.75, 3.05) is 0 Å². The van der Waals surface area contributed by atoms with Crippen LogP contribution in [-0.4, -0.2) is 18.7 Å². The van der Waals surface area contributed by atoms with Crippen molar-refractivity contribution in [3.05, 3.63) is 91.1 Å². The van der Waals surface area contributed by atoms with E-state index in [4.69, 9.17) is 23.2 Å². The number of hydrogen-bond donors (Lipinski definition) is 0. The lowest BCUT2D eigenvalue weighted by atomic mass is 10.2. The van der Waals surface area contributed by atoms with Gasteiger partial charge in [-0.3, -0.25) is 9.36 Å². The molecule has 9 heteroatoms. The summed E-state index contributed by atoms with van der Waals surface area (Å²) in [7, 11) is 0. The minimum atomic E-state index is -0.531. The predicted octanol–water partition coefficient (Wildman–Crippen LogP) is 3.86. The standard InChI is InChI=1S/C20H15Cl2FN4O2/c1-2-26-19(28)17-18(27(20(26)29)14-6-4-13(23)5-7-14)24-11-25(17)10-12-3-8-15(21)16(22)9-12/h3-9,11H,2,10H2,1H3. The van der Waals surface area contributed by atoms with Gasteiger partial charge >= 0.3 is 5.69 Å². The molecule has 0 bridgehead atoms. The Morgan fingerprint density at radius 2 is 1.76 bits per heavy atom. The van der Waals surface area contributed by atoms with Crippen molar-refractivity contribution < 1.29 is 4.39 Å². The van der Waals surface area contributed by atoms with Crippen molar-refractivity contribution in [3.63, 3.8) is 0 Å². The van der Waals surface area contributed by atoms with Gasteiger partial charge in [0.05, 0.1) is 22.1 Å². The van der Waals surface area contributed by atoms with E-state index >= 15 is 0 Å². The van der Waals surface area contributed by atoms with Gasteiger partial charge in [0, 0.05) is 13.1 Å². The SMILES string of the molecule is CCn1c(=O)c2c(ncn2Cc2ccc(Cl)c(Cl)c2)n(-c2ccc(F)cc2)c1=O. The van der Waals surface area contributed by atoms with Crippen LogP contribution in [0.1, 0.15) is 12.5 Å². The molecule has 0 fully saturated rings. The van der Waals surface area contributed by atoms with Gasteiger partial charge in [-0.2, -0.15) is 0 Å². The van der Waals surface area contributed by atoms with E-state index in [2.05, 4.69) is 4.98 Å². The first-order chi connectivity index (χ1) is 13.9. The second-order valence-electron chi connectivity index (χ2n) is 6.44. The summed E-state index contributed by atoms with van der Waals surface area (Å²) >= 11 is 12.1. The first-order valence-corrected chi connectivity index (χ1v) is 9.57. The summed E-state index contributed by atoms with van der Waals surface area (Å²) < 4.78 is 17.4. The molecule has 4 aromatic rings. The van der Waals surface area contributed by atoms with E-state index in [1.165, 1.54) is 35.2 Å². The highest BCUT2D eigenvalue weighted by atomic mass is 35.5. The number of benzene rings is 2. The predicted molar refractivity (Wildman–Crippen MR) is 111 cm³/mol. The quantitative estimate of drug-likeness (QED) is 0.491. The third kappa shape index (κ3) is 3.36. The lowest BCUT2D eigenvalue weighted by Gasteiger charge is -2.12. The molecule has 0 amide bonds. The Labute approximate surface area is 174 Å². The van der Waals surface area contributed by atoms with E-state index in [-0.39, 0.29) is 17.7 Å². The molecule has 0 saturated carbocycles. The van der Waals surface area contributed by atoms with E-state index < -0.39 is 17.1 Å². The molecule has 0 aliphatic carbocycles. The van der Waals surface area contributed by atoms with Crippen LogP contribution in [0.15, 0.2) is 58.4 Å². The van der Waals surface area contributed by atoms with Crippen LogP contribution >= 0.6 is 23.2 Å². The number of rotatable bonds is 4. The zero-order chi connectivity index (χ0) is 20.7. The smallest absolute Gasteiger partial charge is 0.320 e. The summed E-state index contributed by atoms with van der Waals surface area (Å²) in [6.45, 7) is 2.21. The fraction of sp³-hybridized carbons (Fsp3) is 0.150. The fourth-order valence-electron chi connectivity index (χ4n) is 3.24. The van der Waals surface area contributed by atoms with Gasteiger partial charge in [-0.25, -0.2) is 18.7 Å². The molecule has 0 aliphatic heterocycles. The van der Waals surface area contributed by atoms with Crippen molar-refractivity contribution in [3.8, 4) is 5.69 Å². The van der Waals surface area contributed by atoms with Crippen LogP contribution in [0.25, 0.3) is 16.9 Å². The summed E-state index contributed by atoms with van der Waals surface area (Å²) in [6.07, 6.45) is 1.49. The molecule has 2 heterocycles. The average Bonchev–Trinajstić information content (AvgIpc) is 3.10. The summed E-state index contributed by atoms with van der Waals surface area (Å²) in [5.41, 5.74) is 0.738. The summed E-state index contributed by atoms with van der Waals surface area (Å²) in [5, 5.41) is 0.840. The van der Waals surface area contributed by atoms with Gasteiger partial charge in [0.2, 0.25) is 0 Å². The van der Waals surface area contributed by atoms with E-state index in [9.17, 15) is 14.0 Å². The molecule has 29 heavy (non-hydrogen) atoms. The van der Waals surface area contributed by atoms with Crippen LogP contribution in [0.4, 0.5) is 4.39 Å². The molecule has 0 N–H and O–H groups in total. The molecule has 2 aromatic carbocycles. The normalized spacial score (nSPS) is 11.3. The summed E-state index contributed by atoms with van der Waals surface area (Å²) in [5.74, 6) is -0.424. The third-order valence-corrected chi connectivity index (χ3v) is 5.38. The van der Waals surface area contributed by atoms with Gasteiger partial charge in [0.1, 0.15) is 5.82 Å². The third-order valence-electron chi connectivity index (χ3n) is 4.64. The van der Waals surface area contributed by atoms with E-state index in [1.54, 1.807) is 29.7 Å². The number of aromatic nitrogens is 4. The van der Waals surface area contributed by atoms with E-state index in [1.807, 2.05) is 0 Å². The molecule has 148 valence electrons. The summed E-state index contributed by atoms with van der Waals surface area (Å²) in [4.78, 5) is 30.2. The van der Waals surface area contributed by atoms with Crippen LogP contribution in [0.3, 0.4) is 0 Å². The molecule has 0 radical (unpaired) electrons. The highest BCUT2D eigenvalue weighted by molar-refractivity contribution is 6.42. The van der Waals surface area contributed by atoms with Crippen molar-refractivity contribution in [1.29, 1.82) is 0 Å². The number of fused-ring (bicyclic) bond motifs is 1. The van der Waals surface area contributed by atoms with E-state index in [0.717, 1.165) is 10.1 Å². The van der Waals surface area contributed by atoms with Gasteiger partial charge in [-0.15, -0.1) is 0 Å². The maximum atomic E-state index is 13.4. The number of imidazole rings is 1. The lowest BCUT2D eigenvalue weighted by Crippen LogP contribution is -2.39. The van der Waals surface area contributed by atoms with Crippen LogP contribution in [-0.2, 0) is 13.1 Å². The number of nitrogens with zero attached hydrogens (tertiary/aromatic N) is 4. The highest BCUT2D eigenvalue weighted by Crippen LogP contribution is 2.23. The van der Waals surface area contributed by atoms with Gasteiger partial charge in [-0.05, 0) is 48.9 Å². The van der Waals surface area contributed by atoms with Crippen molar-refractivity contribution >= 4 is 34.4 Å². The molecule has 2 aromatic heterocycles. The molecule has 0 aliphatic rings. The minimum Gasteiger partial charge on any atom is -0.320 e. The van der Waals surface area contributed by atoms with Crippen LogP contribution in [0.2, 0.25) is 10.0 Å². The first kappa shape index (κ1) is 19.4. The molecule has 0 unspecified atom stereocenters. The summed E-state index contributed by atoms with van der Waals surface area (Å²) in [6, 6.07) is 10.6. The van der Waals surface area contributed by atoms with Crippen LogP contribution in [0.5, 0.6) is 0 Å². The second kappa shape index (κ2) is 7.50. The Morgan fingerprint density at radius 3 is 2.41 bits per heavy atom. The zero-order valence-corrected chi connectivity index (χ0v) is 16.8. The molecule has 0 atom stereocenters. The van der Waals surface area contributed by atoms with Gasteiger partial charge in [0.15, 0.2) is 11.2 Å². The largest absolute Gasteiger partial charge is 0.337 e. The molecule has 6 nitrogen and oxygen atoms in total. The Morgan fingerprint density at radius 1 is 1.03 bits per heavy atom. The van der Waals surface area contributed by atoms with Gasteiger partial charge in [-0.1, -0.05) is 29.3 Å². The van der Waals surface area contributed by atoms with Gasteiger partial charge < -0.3 is 4.57 Å². The fourth-order valence-corrected chi connectivity index (χ4v) is 3.56. The molecular formula is C20H15Cl2FN4O2. The molecule has 4 rings (SSSR count). The molecule has 0 spiro atoms. The monoisotopic (exact) mass is 432 g/mol. The molecule has 0 saturated heterocycles. The lowest BCUT2D eigenvalue weighted by molar-refractivity contribution is 0.626. The Bertz CT molecular complexity index is 1340. The average molecular weight is 433 g/mol. The number of halogens is 3. The maximum Gasteiger partial charge on any atom is 0.337 e. The Hall–Kier alpha value is -2.90.